The molecule has 1 aromatic rings. The molecule has 0 aromatic heterocycles. The summed E-state index contributed by atoms with van der Waals surface area (Å²) in [4.78, 5) is 15.1. The highest BCUT2D eigenvalue weighted by Gasteiger charge is 2.27. The molecule has 2 N–H and O–H groups in total. The number of aliphatic imine (C=N–C) groups is 1. The normalized spacial score (nSPS) is 20.0. The van der Waals surface area contributed by atoms with Crippen LogP contribution in [0, 0.1) is 0 Å². The third-order valence-electron chi connectivity index (χ3n) is 2.16. The number of amides is 1. The van der Waals surface area contributed by atoms with Crippen LogP contribution in [0.25, 0.3) is 0 Å². The number of benzene rings is 1. The van der Waals surface area contributed by atoms with Gasteiger partial charge in [-0.15, -0.1) is 0 Å². The Bertz CT molecular complexity index is 476. The number of amidine groups is 1. The molecule has 0 spiro atoms. The average Bonchev–Trinajstić information content (AvgIpc) is 2.51. The van der Waals surface area contributed by atoms with Crippen LogP contribution >= 0.6 is 35.0 Å². The van der Waals surface area contributed by atoms with E-state index < -0.39 is 0 Å². The topological polar surface area (TPSA) is 55.4 Å². The lowest BCUT2D eigenvalue weighted by atomic mass is 10.1. The average molecular weight is 275 g/mol. The van der Waals surface area contributed by atoms with Crippen molar-refractivity contribution in [3.63, 3.8) is 0 Å². The van der Waals surface area contributed by atoms with Crippen molar-refractivity contribution < 1.29 is 4.79 Å². The number of nitrogens with two attached hydrogens (primary N) is 1. The Morgan fingerprint density at radius 1 is 1.38 bits per heavy atom. The molecule has 0 unspecified atom stereocenters. The molecule has 3 nitrogen and oxygen atoms in total. The molecule has 1 heterocycles. The minimum Gasteiger partial charge on any atom is -0.378 e. The maximum absolute atomic E-state index is 11.4. The Morgan fingerprint density at radius 3 is 2.69 bits per heavy atom. The van der Waals surface area contributed by atoms with Crippen LogP contribution in [-0.4, -0.2) is 16.3 Å². The van der Waals surface area contributed by atoms with Crippen molar-refractivity contribution in [2.75, 3.05) is 0 Å². The smallest absolute Gasteiger partial charge is 0.261 e. The van der Waals surface area contributed by atoms with Crippen LogP contribution in [0.3, 0.4) is 0 Å². The number of hydrogen-bond donors (Lipinski definition) is 1. The lowest BCUT2D eigenvalue weighted by Crippen LogP contribution is -2.14. The van der Waals surface area contributed by atoms with Gasteiger partial charge < -0.3 is 5.73 Å². The predicted octanol–water partition coefficient (Wildman–Crippen LogP) is 2.49. The van der Waals surface area contributed by atoms with Crippen LogP contribution in [0.2, 0.25) is 10.0 Å². The third-order valence-corrected chi connectivity index (χ3v) is 3.89. The van der Waals surface area contributed by atoms with Crippen LogP contribution in [0.5, 0.6) is 0 Å². The summed E-state index contributed by atoms with van der Waals surface area (Å²) >= 11 is 13.0. The lowest BCUT2D eigenvalue weighted by Gasteiger charge is -2.07. The van der Waals surface area contributed by atoms with Gasteiger partial charge in [-0.25, -0.2) is 0 Å². The highest BCUT2D eigenvalue weighted by molar-refractivity contribution is 8.15. The van der Waals surface area contributed by atoms with Gasteiger partial charge in [0.1, 0.15) is 0 Å². The SMILES string of the molecule is NC1=NC(=O)[C@H](Cc2ccc(Cl)c(Cl)c2)S1. The van der Waals surface area contributed by atoms with E-state index in [1.807, 2.05) is 6.07 Å². The molecule has 1 aliphatic rings. The minimum absolute atomic E-state index is 0.187. The van der Waals surface area contributed by atoms with E-state index in [4.69, 9.17) is 28.9 Å². The maximum Gasteiger partial charge on any atom is 0.261 e. The van der Waals surface area contributed by atoms with Gasteiger partial charge in [-0.2, -0.15) is 4.99 Å². The molecular weight excluding hydrogens is 267 g/mol. The molecule has 0 saturated heterocycles. The fourth-order valence-corrected chi connectivity index (χ4v) is 2.60. The number of hydrogen-bond acceptors (Lipinski definition) is 3. The largest absolute Gasteiger partial charge is 0.378 e. The second-order valence-electron chi connectivity index (χ2n) is 3.35. The summed E-state index contributed by atoms with van der Waals surface area (Å²) in [5, 5.41) is 1.09. The number of thioether (sulfide) groups is 1. The molecule has 1 aliphatic heterocycles. The first-order valence-electron chi connectivity index (χ1n) is 4.55. The quantitative estimate of drug-likeness (QED) is 0.902. The predicted molar refractivity (Wildman–Crippen MR) is 68.2 cm³/mol. The summed E-state index contributed by atoms with van der Waals surface area (Å²) in [6, 6.07) is 5.32. The second-order valence-corrected chi connectivity index (χ2v) is 5.38. The minimum atomic E-state index is -0.239. The van der Waals surface area contributed by atoms with Gasteiger partial charge in [-0.05, 0) is 24.1 Å². The van der Waals surface area contributed by atoms with Crippen molar-refractivity contribution in [1.29, 1.82) is 0 Å². The Morgan fingerprint density at radius 2 is 2.12 bits per heavy atom. The lowest BCUT2D eigenvalue weighted by molar-refractivity contribution is -0.117. The van der Waals surface area contributed by atoms with E-state index >= 15 is 0 Å². The zero-order valence-electron chi connectivity index (χ0n) is 8.11. The summed E-state index contributed by atoms with van der Waals surface area (Å²) in [7, 11) is 0. The van der Waals surface area contributed by atoms with Crippen molar-refractivity contribution in [2.45, 2.75) is 11.7 Å². The first-order chi connectivity index (χ1) is 7.56. The van der Waals surface area contributed by atoms with E-state index in [1.54, 1.807) is 12.1 Å². The van der Waals surface area contributed by atoms with E-state index in [0.29, 0.717) is 21.6 Å². The summed E-state index contributed by atoms with van der Waals surface area (Å²) < 4.78 is 0. The van der Waals surface area contributed by atoms with Gasteiger partial charge in [-0.3, -0.25) is 4.79 Å². The Kier molecular flexibility index (Phi) is 3.42. The maximum atomic E-state index is 11.4. The second kappa shape index (κ2) is 4.65. The number of nitrogens with zero attached hydrogens (tertiary/aromatic N) is 1. The van der Waals surface area contributed by atoms with Crippen LogP contribution < -0.4 is 5.73 Å². The molecule has 0 fully saturated rings. The number of rotatable bonds is 2. The Hall–Kier alpha value is -0.710. The molecule has 0 aliphatic carbocycles. The van der Waals surface area contributed by atoms with Crippen molar-refractivity contribution in [1.82, 2.24) is 0 Å². The molecule has 0 bridgehead atoms. The molecule has 6 heteroatoms. The summed E-state index contributed by atoms with van der Waals surface area (Å²) in [6.45, 7) is 0. The molecule has 84 valence electrons. The van der Waals surface area contributed by atoms with Gasteiger partial charge in [0.05, 0.1) is 15.3 Å². The molecule has 1 aromatic carbocycles. The fourth-order valence-electron chi connectivity index (χ4n) is 1.41. The van der Waals surface area contributed by atoms with Gasteiger partial charge in [0, 0.05) is 0 Å². The molecule has 0 saturated carbocycles. The molecule has 2 rings (SSSR count). The van der Waals surface area contributed by atoms with Crippen LogP contribution in [-0.2, 0) is 11.2 Å². The molecule has 1 atom stereocenters. The van der Waals surface area contributed by atoms with Gasteiger partial charge in [-0.1, -0.05) is 41.0 Å². The zero-order chi connectivity index (χ0) is 11.7. The van der Waals surface area contributed by atoms with Gasteiger partial charge >= 0.3 is 0 Å². The highest BCUT2D eigenvalue weighted by atomic mass is 35.5. The van der Waals surface area contributed by atoms with Crippen molar-refractivity contribution >= 4 is 46.0 Å². The molecule has 1 amide bonds. The van der Waals surface area contributed by atoms with Crippen LogP contribution in [0.4, 0.5) is 0 Å². The van der Waals surface area contributed by atoms with E-state index in [1.165, 1.54) is 11.8 Å². The van der Waals surface area contributed by atoms with Gasteiger partial charge in [0.25, 0.3) is 5.91 Å². The number of carbonyl (C=O) groups is 1. The number of carbonyl (C=O) groups excluding carboxylic acids is 1. The van der Waals surface area contributed by atoms with E-state index in [2.05, 4.69) is 4.99 Å². The first kappa shape index (κ1) is 11.8. The van der Waals surface area contributed by atoms with Crippen molar-refractivity contribution in [3.8, 4) is 0 Å². The molecule has 16 heavy (non-hydrogen) atoms. The summed E-state index contributed by atoms with van der Waals surface area (Å²) in [5.41, 5.74) is 6.42. The van der Waals surface area contributed by atoms with E-state index in [-0.39, 0.29) is 11.2 Å². The standard InChI is InChI=1S/C10H8Cl2N2OS/c11-6-2-1-5(3-7(6)12)4-8-9(15)14-10(13)16-8/h1-3,8H,4H2,(H2,13,14,15)/t8-/m0/s1. The zero-order valence-corrected chi connectivity index (χ0v) is 10.4. The first-order valence-corrected chi connectivity index (χ1v) is 6.18. The Labute approximate surface area is 107 Å². The Balaban J connectivity index is 2.11. The summed E-state index contributed by atoms with van der Waals surface area (Å²) in [5.74, 6) is -0.187. The molecular formula is C10H8Cl2N2OS. The highest BCUT2D eigenvalue weighted by Crippen LogP contribution is 2.27. The van der Waals surface area contributed by atoms with Gasteiger partial charge in [0.2, 0.25) is 0 Å². The van der Waals surface area contributed by atoms with Crippen LogP contribution in [0.15, 0.2) is 23.2 Å². The van der Waals surface area contributed by atoms with Crippen molar-refractivity contribution in [3.05, 3.63) is 33.8 Å². The monoisotopic (exact) mass is 274 g/mol. The van der Waals surface area contributed by atoms with Gasteiger partial charge in [0.15, 0.2) is 5.17 Å². The summed E-state index contributed by atoms with van der Waals surface area (Å²) in [6.07, 6.45) is 0.560. The van der Waals surface area contributed by atoms with Crippen LogP contribution in [0.1, 0.15) is 5.56 Å². The molecule has 0 radical (unpaired) electrons. The third kappa shape index (κ3) is 2.51. The fraction of sp³-hybridized carbons (Fsp3) is 0.200. The number of halogens is 2. The van der Waals surface area contributed by atoms with E-state index in [9.17, 15) is 4.79 Å². The van der Waals surface area contributed by atoms with Crippen molar-refractivity contribution in [2.24, 2.45) is 10.7 Å². The van der Waals surface area contributed by atoms with E-state index in [0.717, 1.165) is 5.56 Å².